The Morgan fingerprint density at radius 2 is 2.00 bits per heavy atom. The molecule has 2 aromatic carbocycles. The van der Waals surface area contributed by atoms with E-state index >= 15 is 0 Å². The van der Waals surface area contributed by atoms with Crippen molar-refractivity contribution < 1.29 is 9.90 Å². The maximum absolute atomic E-state index is 12.0. The normalized spacial score (nSPS) is 11.0. The maximum atomic E-state index is 12.0. The summed E-state index contributed by atoms with van der Waals surface area (Å²) in [5.41, 5.74) is 3.68. The largest absolute Gasteiger partial charge is 0.507 e. The van der Waals surface area contributed by atoms with Crippen LogP contribution in [0, 0.1) is 0 Å². The fourth-order valence-electron chi connectivity index (χ4n) is 1.99. The number of phenols is 1. The summed E-state index contributed by atoms with van der Waals surface area (Å²) in [4.78, 5) is 12.0. The molecule has 0 spiro atoms. The molecule has 0 unspecified atom stereocenters. The Bertz CT molecular complexity index is 980. The van der Waals surface area contributed by atoms with Crippen LogP contribution < -0.4 is 5.43 Å². The number of tetrazole rings is 1. The molecule has 3 aromatic rings. The zero-order valence-corrected chi connectivity index (χ0v) is 17.6. The summed E-state index contributed by atoms with van der Waals surface area (Å²) in [5.74, 6) is -0.199. The van der Waals surface area contributed by atoms with Crippen LogP contribution in [0.4, 0.5) is 0 Å². The third-order valence-electron chi connectivity index (χ3n) is 3.24. The maximum Gasteiger partial charge on any atom is 0.250 e. The van der Waals surface area contributed by atoms with E-state index in [1.807, 2.05) is 30.3 Å². The van der Waals surface area contributed by atoms with Crippen molar-refractivity contribution >= 4 is 55.7 Å². The van der Waals surface area contributed by atoms with Crippen molar-refractivity contribution in [3.8, 4) is 11.4 Å². The molecule has 0 fully saturated rings. The van der Waals surface area contributed by atoms with E-state index in [4.69, 9.17) is 0 Å². The number of aromatic nitrogens is 4. The fourth-order valence-corrected chi connectivity index (χ4v) is 3.37. The Balaban J connectivity index is 1.57. The summed E-state index contributed by atoms with van der Waals surface area (Å²) >= 11 is 7.82. The van der Waals surface area contributed by atoms with Gasteiger partial charge in [-0.15, -0.1) is 5.10 Å². The zero-order valence-electron chi connectivity index (χ0n) is 13.6. The highest BCUT2D eigenvalue weighted by atomic mass is 79.9. The average molecular weight is 512 g/mol. The van der Waals surface area contributed by atoms with Gasteiger partial charge in [-0.3, -0.25) is 4.79 Å². The summed E-state index contributed by atoms with van der Waals surface area (Å²) in [6.45, 7) is 0. The monoisotopic (exact) mass is 510 g/mol. The standard InChI is InChI=1S/C16H12Br2N6O2S/c17-12-6-10(14(25)7-13(12)18)8-19-20-15(26)9-27-16-21-22-23-24(16)11-4-2-1-3-5-11/h1-8,25H,9H2,(H,20,26). The first kappa shape index (κ1) is 19.5. The topological polar surface area (TPSA) is 105 Å². The number of thioether (sulfide) groups is 1. The van der Waals surface area contributed by atoms with E-state index in [-0.39, 0.29) is 17.4 Å². The second-order valence-electron chi connectivity index (χ2n) is 5.12. The summed E-state index contributed by atoms with van der Waals surface area (Å²) in [6, 6.07) is 12.6. The van der Waals surface area contributed by atoms with Crippen molar-refractivity contribution in [3.63, 3.8) is 0 Å². The quantitative estimate of drug-likeness (QED) is 0.299. The Morgan fingerprint density at radius 3 is 2.78 bits per heavy atom. The molecule has 3 rings (SSSR count). The van der Waals surface area contributed by atoms with Crippen LogP contribution in [-0.4, -0.2) is 43.2 Å². The Morgan fingerprint density at radius 1 is 1.26 bits per heavy atom. The number of benzene rings is 2. The second-order valence-corrected chi connectivity index (χ2v) is 7.77. The van der Waals surface area contributed by atoms with E-state index in [0.29, 0.717) is 15.2 Å². The molecule has 0 bridgehead atoms. The number of carbonyl (C=O) groups is 1. The molecule has 1 heterocycles. The van der Waals surface area contributed by atoms with Gasteiger partial charge in [0.15, 0.2) is 0 Å². The summed E-state index contributed by atoms with van der Waals surface area (Å²) in [6.07, 6.45) is 1.36. The molecule has 27 heavy (non-hydrogen) atoms. The Labute approximate surface area is 175 Å². The number of hydrazone groups is 1. The average Bonchev–Trinajstić information content (AvgIpc) is 3.13. The molecule has 1 aromatic heterocycles. The van der Waals surface area contributed by atoms with Crippen LogP contribution >= 0.6 is 43.6 Å². The number of nitrogens with zero attached hydrogens (tertiary/aromatic N) is 5. The fraction of sp³-hybridized carbons (Fsp3) is 0.0625. The van der Waals surface area contributed by atoms with Crippen LogP contribution in [0.3, 0.4) is 0 Å². The number of carbonyl (C=O) groups excluding carboxylic acids is 1. The summed E-state index contributed by atoms with van der Waals surface area (Å²) < 4.78 is 3.03. The number of para-hydroxylation sites is 1. The van der Waals surface area contributed by atoms with Gasteiger partial charge >= 0.3 is 0 Å². The van der Waals surface area contributed by atoms with Crippen molar-refractivity contribution in [2.75, 3.05) is 5.75 Å². The lowest BCUT2D eigenvalue weighted by atomic mass is 10.2. The van der Waals surface area contributed by atoms with E-state index in [2.05, 4.69) is 57.9 Å². The predicted molar refractivity (Wildman–Crippen MR) is 109 cm³/mol. The van der Waals surface area contributed by atoms with Crippen molar-refractivity contribution in [1.29, 1.82) is 0 Å². The van der Waals surface area contributed by atoms with Crippen molar-refractivity contribution in [3.05, 3.63) is 57.0 Å². The highest BCUT2D eigenvalue weighted by Crippen LogP contribution is 2.29. The Kier molecular flexibility index (Phi) is 6.58. The molecule has 0 radical (unpaired) electrons. The first-order chi connectivity index (χ1) is 13.0. The lowest BCUT2D eigenvalue weighted by Gasteiger charge is -2.04. The number of phenolic OH excluding ortho intramolecular Hbond substituents is 1. The minimum Gasteiger partial charge on any atom is -0.507 e. The van der Waals surface area contributed by atoms with Crippen LogP contribution in [0.15, 0.2) is 61.7 Å². The third kappa shape index (κ3) is 5.15. The second kappa shape index (κ2) is 9.11. The van der Waals surface area contributed by atoms with Gasteiger partial charge in [-0.2, -0.15) is 9.78 Å². The highest BCUT2D eigenvalue weighted by molar-refractivity contribution is 9.13. The van der Waals surface area contributed by atoms with E-state index in [1.54, 1.807) is 10.7 Å². The van der Waals surface area contributed by atoms with Crippen LogP contribution in [0.5, 0.6) is 5.75 Å². The molecular weight excluding hydrogens is 500 g/mol. The Hall–Kier alpha value is -2.24. The third-order valence-corrected chi connectivity index (χ3v) is 6.00. The van der Waals surface area contributed by atoms with E-state index < -0.39 is 0 Å². The zero-order chi connectivity index (χ0) is 19.2. The van der Waals surface area contributed by atoms with E-state index in [9.17, 15) is 9.90 Å². The number of hydrogen-bond donors (Lipinski definition) is 2. The molecule has 0 saturated carbocycles. The molecule has 138 valence electrons. The van der Waals surface area contributed by atoms with Crippen LogP contribution in [0.25, 0.3) is 5.69 Å². The van der Waals surface area contributed by atoms with Crippen LogP contribution in [0.2, 0.25) is 0 Å². The number of halogens is 2. The van der Waals surface area contributed by atoms with Gasteiger partial charge in [0.25, 0.3) is 5.91 Å². The molecule has 1 amide bonds. The molecule has 0 aliphatic rings. The van der Waals surface area contributed by atoms with Crippen molar-refractivity contribution in [2.24, 2.45) is 5.10 Å². The molecule has 11 heteroatoms. The molecule has 0 aliphatic heterocycles. The number of rotatable bonds is 6. The van der Waals surface area contributed by atoms with Gasteiger partial charge in [0.2, 0.25) is 5.16 Å². The van der Waals surface area contributed by atoms with Crippen molar-refractivity contribution in [2.45, 2.75) is 5.16 Å². The van der Waals surface area contributed by atoms with Gasteiger partial charge in [0.05, 0.1) is 17.7 Å². The SMILES string of the molecule is O=C(CSc1nnnn1-c1ccccc1)NN=Cc1cc(Br)c(Br)cc1O. The number of hydrogen-bond acceptors (Lipinski definition) is 7. The molecular formula is C16H12Br2N6O2S. The number of amides is 1. The number of aromatic hydroxyl groups is 1. The van der Waals surface area contributed by atoms with Crippen LogP contribution in [-0.2, 0) is 4.79 Å². The van der Waals surface area contributed by atoms with E-state index in [1.165, 1.54) is 24.0 Å². The smallest absolute Gasteiger partial charge is 0.250 e. The molecule has 0 aliphatic carbocycles. The first-order valence-corrected chi connectivity index (χ1v) is 10.1. The van der Waals surface area contributed by atoms with Gasteiger partial charge in [-0.25, -0.2) is 5.43 Å². The van der Waals surface area contributed by atoms with E-state index in [0.717, 1.165) is 10.2 Å². The van der Waals surface area contributed by atoms with Crippen LogP contribution in [0.1, 0.15) is 5.56 Å². The van der Waals surface area contributed by atoms with Gasteiger partial charge in [-0.1, -0.05) is 30.0 Å². The highest BCUT2D eigenvalue weighted by Gasteiger charge is 2.11. The minimum atomic E-state index is -0.325. The predicted octanol–water partition coefficient (Wildman–Crippen LogP) is 3.14. The minimum absolute atomic E-state index is 0.0412. The molecule has 0 atom stereocenters. The van der Waals surface area contributed by atoms with Gasteiger partial charge < -0.3 is 5.11 Å². The molecule has 8 nitrogen and oxygen atoms in total. The lowest BCUT2D eigenvalue weighted by molar-refractivity contribution is -0.118. The summed E-state index contributed by atoms with van der Waals surface area (Å²) in [7, 11) is 0. The summed E-state index contributed by atoms with van der Waals surface area (Å²) in [5, 5.41) is 25.7. The van der Waals surface area contributed by atoms with Gasteiger partial charge in [0.1, 0.15) is 5.75 Å². The van der Waals surface area contributed by atoms with Gasteiger partial charge in [-0.05, 0) is 66.6 Å². The molecule has 2 N–H and O–H groups in total. The van der Waals surface area contributed by atoms with Gasteiger partial charge in [0, 0.05) is 14.5 Å². The lowest BCUT2D eigenvalue weighted by Crippen LogP contribution is -2.20. The number of nitrogens with one attached hydrogen (secondary N) is 1. The van der Waals surface area contributed by atoms with Crippen molar-refractivity contribution in [1.82, 2.24) is 25.6 Å². The molecule has 0 saturated heterocycles. The first-order valence-electron chi connectivity index (χ1n) is 7.51.